The van der Waals surface area contributed by atoms with Crippen LogP contribution in [0.2, 0.25) is 5.02 Å². The molecule has 0 amide bonds. The number of benzene rings is 1. The van der Waals surface area contributed by atoms with Crippen LogP contribution in [0, 0.1) is 33.7 Å². The summed E-state index contributed by atoms with van der Waals surface area (Å²) in [6, 6.07) is 2.19. The van der Waals surface area contributed by atoms with E-state index in [2.05, 4.69) is 5.32 Å². The number of anilines is 1. The molecule has 0 spiro atoms. The maximum atomic E-state index is 13.3. The fourth-order valence-corrected chi connectivity index (χ4v) is 2.99. The summed E-state index contributed by atoms with van der Waals surface area (Å²) in [5.41, 5.74) is 0.0601. The average molecular weight is 299 g/mol. The van der Waals surface area contributed by atoms with Gasteiger partial charge in [-0.05, 0) is 49.5 Å². The Bertz CT molecular complexity index is 532. The van der Waals surface area contributed by atoms with E-state index in [-0.39, 0.29) is 10.7 Å². The number of hydrogen-bond donors (Lipinski definition) is 1. The van der Waals surface area contributed by atoms with Gasteiger partial charge in [-0.3, -0.25) is 10.1 Å². The predicted molar refractivity (Wildman–Crippen MR) is 75.5 cm³/mol. The van der Waals surface area contributed by atoms with Crippen LogP contribution in [-0.4, -0.2) is 11.5 Å². The van der Waals surface area contributed by atoms with Crippen LogP contribution in [0.1, 0.15) is 25.7 Å². The molecule has 0 radical (unpaired) electrons. The average Bonchev–Trinajstić information content (AvgIpc) is 3.26. The first kappa shape index (κ1) is 13.6. The summed E-state index contributed by atoms with van der Waals surface area (Å²) in [6.45, 7) is 0.706. The molecule has 1 aromatic carbocycles. The van der Waals surface area contributed by atoms with Crippen molar-refractivity contribution in [3.05, 3.63) is 33.1 Å². The standard InChI is InChI=1S/C14H16ClFN2O2/c15-11-5-13(14(18(19)20)6-12(11)16)17-7-10(8-1-2-8)9-3-4-9/h5-6,8-10,17H,1-4,7H2. The van der Waals surface area contributed by atoms with Gasteiger partial charge < -0.3 is 5.32 Å². The van der Waals surface area contributed by atoms with Crippen molar-refractivity contribution < 1.29 is 9.31 Å². The molecule has 0 aromatic heterocycles. The summed E-state index contributed by atoms with van der Waals surface area (Å²) >= 11 is 5.72. The second-order valence-electron chi connectivity index (χ2n) is 5.76. The molecule has 1 N–H and O–H groups in total. The van der Waals surface area contributed by atoms with Gasteiger partial charge in [0.2, 0.25) is 0 Å². The Hall–Kier alpha value is -1.36. The van der Waals surface area contributed by atoms with Crippen LogP contribution >= 0.6 is 11.6 Å². The lowest BCUT2D eigenvalue weighted by molar-refractivity contribution is -0.384. The van der Waals surface area contributed by atoms with Crippen LogP contribution in [-0.2, 0) is 0 Å². The summed E-state index contributed by atoms with van der Waals surface area (Å²) in [7, 11) is 0. The van der Waals surface area contributed by atoms with Crippen molar-refractivity contribution in [3.8, 4) is 0 Å². The molecular weight excluding hydrogens is 283 g/mol. The number of nitro benzene ring substituents is 1. The molecule has 0 atom stereocenters. The van der Waals surface area contributed by atoms with Crippen LogP contribution in [0.5, 0.6) is 0 Å². The van der Waals surface area contributed by atoms with Gasteiger partial charge in [0.15, 0.2) is 0 Å². The highest BCUT2D eigenvalue weighted by atomic mass is 35.5. The van der Waals surface area contributed by atoms with Gasteiger partial charge in [-0.1, -0.05) is 11.6 Å². The van der Waals surface area contributed by atoms with Gasteiger partial charge in [0.05, 0.1) is 16.0 Å². The number of rotatable bonds is 6. The van der Waals surface area contributed by atoms with Crippen molar-refractivity contribution >= 4 is 23.0 Å². The summed E-state index contributed by atoms with van der Waals surface area (Å²) in [5.74, 6) is 1.33. The first-order chi connectivity index (χ1) is 9.56. The number of halogens is 2. The van der Waals surface area contributed by atoms with E-state index in [0.29, 0.717) is 18.2 Å². The monoisotopic (exact) mass is 298 g/mol. The summed E-state index contributed by atoms with van der Waals surface area (Å²) in [5, 5.41) is 14.0. The van der Waals surface area contributed by atoms with E-state index >= 15 is 0 Å². The molecule has 2 aliphatic carbocycles. The largest absolute Gasteiger partial charge is 0.379 e. The first-order valence-corrected chi connectivity index (χ1v) is 7.31. The zero-order chi connectivity index (χ0) is 14.3. The Morgan fingerprint density at radius 2 is 1.95 bits per heavy atom. The van der Waals surface area contributed by atoms with E-state index < -0.39 is 10.7 Å². The number of hydrogen-bond acceptors (Lipinski definition) is 3. The van der Waals surface area contributed by atoms with Gasteiger partial charge in [0, 0.05) is 6.54 Å². The van der Waals surface area contributed by atoms with Crippen LogP contribution in [0.15, 0.2) is 12.1 Å². The quantitative estimate of drug-likeness (QED) is 0.631. The lowest BCUT2D eigenvalue weighted by Crippen LogP contribution is -2.18. The molecular formula is C14H16ClFN2O2. The molecule has 2 saturated carbocycles. The molecule has 20 heavy (non-hydrogen) atoms. The lowest BCUT2D eigenvalue weighted by Gasteiger charge is -2.17. The molecule has 0 heterocycles. The van der Waals surface area contributed by atoms with Crippen molar-refractivity contribution in [1.29, 1.82) is 0 Å². The second-order valence-corrected chi connectivity index (χ2v) is 6.17. The highest BCUT2D eigenvalue weighted by Gasteiger charge is 2.41. The number of nitrogens with zero attached hydrogens (tertiary/aromatic N) is 1. The summed E-state index contributed by atoms with van der Waals surface area (Å²) in [6.07, 6.45) is 5.04. The van der Waals surface area contributed by atoms with E-state index in [1.807, 2.05) is 0 Å². The lowest BCUT2D eigenvalue weighted by atomic mass is 9.98. The SMILES string of the molecule is O=[N+]([O-])c1cc(F)c(Cl)cc1NCC(C1CC1)C1CC1. The fourth-order valence-electron chi connectivity index (χ4n) is 2.82. The van der Waals surface area contributed by atoms with Gasteiger partial charge in [-0.15, -0.1) is 0 Å². The first-order valence-electron chi connectivity index (χ1n) is 6.93. The molecule has 0 unspecified atom stereocenters. The molecule has 4 nitrogen and oxygen atoms in total. The molecule has 108 valence electrons. The summed E-state index contributed by atoms with van der Waals surface area (Å²) < 4.78 is 13.3. The van der Waals surface area contributed by atoms with Crippen molar-refractivity contribution in [2.45, 2.75) is 25.7 Å². The fraction of sp³-hybridized carbons (Fsp3) is 0.571. The van der Waals surface area contributed by atoms with Gasteiger partial charge >= 0.3 is 0 Å². The van der Waals surface area contributed by atoms with Crippen molar-refractivity contribution in [3.63, 3.8) is 0 Å². The van der Waals surface area contributed by atoms with Gasteiger partial charge in [-0.25, -0.2) is 4.39 Å². The normalized spacial score (nSPS) is 18.4. The Labute approximate surface area is 121 Å². The maximum absolute atomic E-state index is 13.3. The Morgan fingerprint density at radius 3 is 2.45 bits per heavy atom. The Kier molecular flexibility index (Phi) is 3.54. The molecule has 0 aliphatic heterocycles. The molecule has 0 bridgehead atoms. The number of nitro groups is 1. The van der Waals surface area contributed by atoms with E-state index in [1.54, 1.807) is 0 Å². The molecule has 2 fully saturated rings. The third-order valence-electron chi connectivity index (χ3n) is 4.22. The molecule has 6 heteroatoms. The topological polar surface area (TPSA) is 55.2 Å². The van der Waals surface area contributed by atoms with Gasteiger partial charge in [0.25, 0.3) is 5.69 Å². The van der Waals surface area contributed by atoms with E-state index in [4.69, 9.17) is 11.6 Å². The highest BCUT2D eigenvalue weighted by Crippen LogP contribution is 2.49. The van der Waals surface area contributed by atoms with E-state index in [9.17, 15) is 14.5 Å². The van der Waals surface area contributed by atoms with Gasteiger partial charge in [0.1, 0.15) is 11.5 Å². The Morgan fingerprint density at radius 1 is 1.35 bits per heavy atom. The predicted octanol–water partition coefficient (Wildman–Crippen LogP) is 4.24. The minimum atomic E-state index is -0.759. The van der Waals surface area contributed by atoms with Crippen molar-refractivity contribution in [1.82, 2.24) is 0 Å². The highest BCUT2D eigenvalue weighted by molar-refractivity contribution is 6.31. The third-order valence-corrected chi connectivity index (χ3v) is 4.51. The zero-order valence-electron chi connectivity index (χ0n) is 10.9. The Balaban J connectivity index is 1.75. The molecule has 1 aromatic rings. The molecule has 3 rings (SSSR count). The number of nitrogens with one attached hydrogen (secondary N) is 1. The molecule has 2 aliphatic rings. The third kappa shape index (κ3) is 2.87. The van der Waals surface area contributed by atoms with Crippen molar-refractivity contribution in [2.24, 2.45) is 17.8 Å². The van der Waals surface area contributed by atoms with Gasteiger partial charge in [-0.2, -0.15) is 0 Å². The maximum Gasteiger partial charge on any atom is 0.295 e. The minimum absolute atomic E-state index is 0.0903. The second kappa shape index (κ2) is 5.20. The minimum Gasteiger partial charge on any atom is -0.379 e. The van der Waals surface area contributed by atoms with Crippen LogP contribution in [0.25, 0.3) is 0 Å². The van der Waals surface area contributed by atoms with Crippen LogP contribution < -0.4 is 5.32 Å². The van der Waals surface area contributed by atoms with Crippen LogP contribution in [0.4, 0.5) is 15.8 Å². The smallest absolute Gasteiger partial charge is 0.295 e. The summed E-state index contributed by atoms with van der Waals surface area (Å²) in [4.78, 5) is 10.4. The van der Waals surface area contributed by atoms with Crippen LogP contribution in [0.3, 0.4) is 0 Å². The van der Waals surface area contributed by atoms with E-state index in [0.717, 1.165) is 17.9 Å². The van der Waals surface area contributed by atoms with Crippen molar-refractivity contribution in [2.75, 3.05) is 11.9 Å². The molecule has 0 saturated heterocycles. The van der Waals surface area contributed by atoms with E-state index in [1.165, 1.54) is 31.7 Å². The zero-order valence-corrected chi connectivity index (χ0v) is 11.7.